The maximum atomic E-state index is 11.7. The van der Waals surface area contributed by atoms with Gasteiger partial charge < -0.3 is 14.6 Å². The molecule has 0 aromatic rings. The van der Waals surface area contributed by atoms with Crippen molar-refractivity contribution in [1.82, 2.24) is 0 Å². The summed E-state index contributed by atoms with van der Waals surface area (Å²) in [4.78, 5) is 11.7. The standard InChI is InChI=1S/C17H22O4/c1-10(2)9-13-11(3)17(6-7-17)16(4)14(12(13)5-8-18)20-15(19)21-16/h5,14,18H,1,6-9H2,2-4H3/b12-5+/t14-,16-/m0/s1. The van der Waals surface area contributed by atoms with Crippen LogP contribution in [0.2, 0.25) is 0 Å². The van der Waals surface area contributed by atoms with Crippen LogP contribution in [-0.2, 0) is 9.47 Å². The minimum atomic E-state index is -0.659. The van der Waals surface area contributed by atoms with E-state index in [1.165, 1.54) is 5.57 Å². The van der Waals surface area contributed by atoms with E-state index in [0.717, 1.165) is 36.0 Å². The number of aliphatic hydroxyl groups is 1. The van der Waals surface area contributed by atoms with Gasteiger partial charge in [0, 0.05) is 5.41 Å². The highest BCUT2D eigenvalue weighted by Gasteiger charge is 2.70. The van der Waals surface area contributed by atoms with Crippen molar-refractivity contribution in [3.8, 4) is 0 Å². The third-order valence-electron chi connectivity index (χ3n) is 5.30. The number of rotatable bonds is 3. The minimum Gasteiger partial charge on any atom is -0.423 e. The number of ether oxygens (including phenoxy) is 2. The van der Waals surface area contributed by atoms with Crippen LogP contribution in [0, 0.1) is 5.41 Å². The molecule has 0 aromatic heterocycles. The van der Waals surface area contributed by atoms with Gasteiger partial charge in [-0.3, -0.25) is 0 Å². The molecule has 0 amide bonds. The largest absolute Gasteiger partial charge is 0.509 e. The van der Waals surface area contributed by atoms with Gasteiger partial charge in [-0.2, -0.15) is 0 Å². The molecule has 1 saturated carbocycles. The minimum absolute atomic E-state index is 0.0839. The first kappa shape index (κ1) is 14.4. The molecule has 2 aliphatic carbocycles. The SMILES string of the molecule is C=C(C)CC1=C(C)C2(CC2)[C@@]2(C)OC(=O)O[C@H]2/C1=C/CO. The molecule has 2 atom stereocenters. The molecule has 4 nitrogen and oxygen atoms in total. The average Bonchev–Trinajstić information content (AvgIpc) is 3.14. The molecule has 3 rings (SSSR count). The van der Waals surface area contributed by atoms with Crippen molar-refractivity contribution in [2.45, 2.75) is 51.7 Å². The molecular formula is C17H22O4. The highest BCUT2D eigenvalue weighted by Crippen LogP contribution is 2.68. The van der Waals surface area contributed by atoms with Crippen LogP contribution in [0.1, 0.15) is 40.0 Å². The molecule has 0 radical (unpaired) electrons. The summed E-state index contributed by atoms with van der Waals surface area (Å²) in [5, 5.41) is 9.37. The second-order valence-corrected chi connectivity index (χ2v) is 6.62. The third-order valence-corrected chi connectivity index (χ3v) is 5.30. The van der Waals surface area contributed by atoms with Gasteiger partial charge in [0.2, 0.25) is 0 Å². The quantitative estimate of drug-likeness (QED) is 0.640. The second kappa shape index (κ2) is 4.47. The zero-order valence-electron chi connectivity index (χ0n) is 12.9. The summed E-state index contributed by atoms with van der Waals surface area (Å²) in [6.45, 7) is 9.98. The van der Waals surface area contributed by atoms with Crippen LogP contribution >= 0.6 is 0 Å². The van der Waals surface area contributed by atoms with Gasteiger partial charge in [-0.25, -0.2) is 4.79 Å². The zero-order valence-corrected chi connectivity index (χ0v) is 12.9. The number of allylic oxidation sites excluding steroid dienone is 1. The summed E-state index contributed by atoms with van der Waals surface area (Å²) in [5.41, 5.74) is 3.56. The molecule has 1 aliphatic heterocycles. The second-order valence-electron chi connectivity index (χ2n) is 6.62. The Hall–Kier alpha value is -1.55. The summed E-state index contributed by atoms with van der Waals surface area (Å²) < 4.78 is 11.1. The van der Waals surface area contributed by atoms with E-state index < -0.39 is 17.9 Å². The lowest BCUT2D eigenvalue weighted by atomic mass is 9.65. The van der Waals surface area contributed by atoms with Crippen molar-refractivity contribution >= 4 is 6.16 Å². The average molecular weight is 290 g/mol. The van der Waals surface area contributed by atoms with Crippen molar-refractivity contribution in [3.05, 3.63) is 34.9 Å². The maximum absolute atomic E-state index is 11.7. The van der Waals surface area contributed by atoms with Gasteiger partial charge in [-0.15, -0.1) is 0 Å². The molecule has 1 saturated heterocycles. The van der Waals surface area contributed by atoms with E-state index >= 15 is 0 Å². The van der Waals surface area contributed by atoms with Crippen molar-refractivity contribution in [1.29, 1.82) is 0 Å². The van der Waals surface area contributed by atoms with Crippen LogP contribution in [0.3, 0.4) is 0 Å². The summed E-state index contributed by atoms with van der Waals surface area (Å²) >= 11 is 0. The molecule has 3 aliphatic rings. The van der Waals surface area contributed by atoms with Gasteiger partial charge in [0.25, 0.3) is 0 Å². The van der Waals surface area contributed by atoms with E-state index in [1.807, 2.05) is 13.8 Å². The molecule has 0 bridgehead atoms. The Bertz CT molecular complexity index is 580. The van der Waals surface area contributed by atoms with Gasteiger partial charge >= 0.3 is 6.16 Å². The smallest absolute Gasteiger partial charge is 0.423 e. The molecule has 1 heterocycles. The lowest BCUT2D eigenvalue weighted by Crippen LogP contribution is -2.50. The van der Waals surface area contributed by atoms with Crippen LogP contribution < -0.4 is 0 Å². The van der Waals surface area contributed by atoms with E-state index in [9.17, 15) is 9.90 Å². The number of fused-ring (bicyclic) bond motifs is 2. The topological polar surface area (TPSA) is 55.8 Å². The molecule has 0 aromatic carbocycles. The predicted octanol–water partition coefficient (Wildman–Crippen LogP) is 3.28. The van der Waals surface area contributed by atoms with Crippen LogP contribution in [0.15, 0.2) is 34.9 Å². The normalized spacial score (nSPS) is 34.8. The molecule has 2 fully saturated rings. The van der Waals surface area contributed by atoms with E-state index in [2.05, 4.69) is 13.5 Å². The Morgan fingerprint density at radius 2 is 2.19 bits per heavy atom. The molecular weight excluding hydrogens is 268 g/mol. The lowest BCUT2D eigenvalue weighted by Gasteiger charge is -2.43. The number of hydrogen-bond acceptors (Lipinski definition) is 4. The van der Waals surface area contributed by atoms with Crippen molar-refractivity contribution in [2.24, 2.45) is 5.41 Å². The fourth-order valence-electron chi connectivity index (χ4n) is 4.07. The Labute approximate surface area is 125 Å². The monoisotopic (exact) mass is 290 g/mol. The Morgan fingerprint density at radius 1 is 1.52 bits per heavy atom. The molecule has 21 heavy (non-hydrogen) atoms. The van der Waals surface area contributed by atoms with E-state index in [1.54, 1.807) is 6.08 Å². The number of aliphatic hydroxyl groups excluding tert-OH is 1. The first-order valence-corrected chi connectivity index (χ1v) is 7.41. The Balaban J connectivity index is 2.17. The zero-order chi connectivity index (χ0) is 15.4. The summed E-state index contributed by atoms with van der Waals surface area (Å²) in [6, 6.07) is 0. The van der Waals surface area contributed by atoms with Gasteiger partial charge in [0.15, 0.2) is 11.7 Å². The summed E-state index contributed by atoms with van der Waals surface area (Å²) in [6.07, 6.45) is 3.45. The summed E-state index contributed by atoms with van der Waals surface area (Å²) in [5.74, 6) is 0. The van der Waals surface area contributed by atoms with Gasteiger partial charge in [-0.05, 0) is 51.2 Å². The lowest BCUT2D eigenvalue weighted by molar-refractivity contribution is -0.00198. The van der Waals surface area contributed by atoms with Crippen LogP contribution in [-0.4, -0.2) is 29.6 Å². The van der Waals surface area contributed by atoms with E-state index in [-0.39, 0.29) is 12.0 Å². The summed E-state index contributed by atoms with van der Waals surface area (Å²) in [7, 11) is 0. The highest BCUT2D eigenvalue weighted by atomic mass is 16.8. The number of hydrogen-bond donors (Lipinski definition) is 1. The molecule has 1 spiro atoms. The molecule has 114 valence electrons. The molecule has 1 N–H and O–H groups in total. The Kier molecular flexibility index (Phi) is 3.06. The van der Waals surface area contributed by atoms with E-state index in [0.29, 0.717) is 0 Å². The number of carbonyl (C=O) groups is 1. The van der Waals surface area contributed by atoms with Crippen LogP contribution in [0.4, 0.5) is 4.79 Å². The maximum Gasteiger partial charge on any atom is 0.509 e. The predicted molar refractivity (Wildman–Crippen MR) is 78.7 cm³/mol. The van der Waals surface area contributed by atoms with E-state index in [4.69, 9.17) is 9.47 Å². The first-order valence-electron chi connectivity index (χ1n) is 7.41. The Morgan fingerprint density at radius 3 is 2.71 bits per heavy atom. The van der Waals surface area contributed by atoms with Gasteiger partial charge in [-0.1, -0.05) is 23.8 Å². The van der Waals surface area contributed by atoms with Crippen LogP contribution in [0.5, 0.6) is 0 Å². The first-order chi connectivity index (χ1) is 9.85. The van der Waals surface area contributed by atoms with Crippen LogP contribution in [0.25, 0.3) is 0 Å². The fourth-order valence-corrected chi connectivity index (χ4v) is 4.07. The molecule has 0 unspecified atom stereocenters. The number of carbonyl (C=O) groups excluding carboxylic acids is 1. The third kappa shape index (κ3) is 1.81. The van der Waals surface area contributed by atoms with Gasteiger partial charge in [0.05, 0.1) is 6.61 Å². The highest BCUT2D eigenvalue weighted by molar-refractivity contribution is 5.68. The van der Waals surface area contributed by atoms with Crippen molar-refractivity contribution < 1.29 is 19.4 Å². The van der Waals surface area contributed by atoms with Crippen molar-refractivity contribution in [2.75, 3.05) is 6.61 Å². The molecule has 4 heteroatoms. The fraction of sp³-hybridized carbons (Fsp3) is 0.588. The van der Waals surface area contributed by atoms with Gasteiger partial charge in [0.1, 0.15) is 0 Å². The van der Waals surface area contributed by atoms with Crippen molar-refractivity contribution in [3.63, 3.8) is 0 Å².